The lowest BCUT2D eigenvalue weighted by molar-refractivity contribution is -0.120. The molecule has 0 bridgehead atoms. The van der Waals surface area contributed by atoms with E-state index in [1.807, 2.05) is 0 Å². The molecule has 2 N–H and O–H groups in total. The molecule has 8 heteroatoms. The van der Waals surface area contributed by atoms with E-state index in [0.717, 1.165) is 25.7 Å². The van der Waals surface area contributed by atoms with E-state index >= 15 is 0 Å². The van der Waals surface area contributed by atoms with Gasteiger partial charge in [-0.25, -0.2) is 13.4 Å². The predicted octanol–water partition coefficient (Wildman–Crippen LogP) is 0.752. The molecule has 0 aromatic carbocycles. The molecule has 0 aliphatic heterocycles. The monoisotopic (exact) mass is 326 g/mol. The van der Waals surface area contributed by atoms with E-state index < -0.39 is 9.84 Å². The summed E-state index contributed by atoms with van der Waals surface area (Å²) >= 11 is 0. The van der Waals surface area contributed by atoms with Gasteiger partial charge in [0, 0.05) is 31.9 Å². The van der Waals surface area contributed by atoms with Crippen molar-refractivity contribution in [3.63, 3.8) is 0 Å². The highest BCUT2D eigenvalue weighted by atomic mass is 32.2. The summed E-state index contributed by atoms with van der Waals surface area (Å²) in [6.45, 7) is 0.929. The first-order valence-electron chi connectivity index (χ1n) is 7.56. The Morgan fingerprint density at radius 2 is 2.00 bits per heavy atom. The number of rotatable bonds is 8. The molecular formula is C14H22N4O3S. The Kier molecular flexibility index (Phi) is 6.11. The maximum Gasteiger partial charge on any atom is 0.221 e. The lowest BCUT2D eigenvalue weighted by Crippen LogP contribution is -2.31. The molecule has 0 saturated heterocycles. The first kappa shape index (κ1) is 16.7. The van der Waals surface area contributed by atoms with Crippen LogP contribution in [0.2, 0.25) is 0 Å². The van der Waals surface area contributed by atoms with Crippen molar-refractivity contribution in [2.45, 2.75) is 37.4 Å². The van der Waals surface area contributed by atoms with Crippen molar-refractivity contribution in [2.75, 3.05) is 24.2 Å². The second-order valence-electron chi connectivity index (χ2n) is 5.39. The number of amides is 1. The zero-order valence-electron chi connectivity index (χ0n) is 12.5. The lowest BCUT2D eigenvalue weighted by Gasteiger charge is -2.11. The normalized spacial score (nSPS) is 15.6. The molecule has 1 heterocycles. The molecule has 1 amide bonds. The predicted molar refractivity (Wildman–Crippen MR) is 84.2 cm³/mol. The average molecular weight is 326 g/mol. The molecule has 1 aromatic rings. The SMILES string of the molecule is O=C(CCS(=O)(=O)C1CCCC1)NCCNc1cnccn1. The molecule has 1 fully saturated rings. The molecule has 0 atom stereocenters. The summed E-state index contributed by atoms with van der Waals surface area (Å²) in [4.78, 5) is 19.6. The molecule has 7 nitrogen and oxygen atoms in total. The summed E-state index contributed by atoms with van der Waals surface area (Å²) < 4.78 is 24.1. The third-order valence-electron chi connectivity index (χ3n) is 3.74. The van der Waals surface area contributed by atoms with Crippen molar-refractivity contribution >= 4 is 21.6 Å². The van der Waals surface area contributed by atoms with Crippen molar-refractivity contribution in [1.29, 1.82) is 0 Å². The Labute approximate surface area is 130 Å². The number of sulfone groups is 1. The van der Waals surface area contributed by atoms with Crippen LogP contribution in [0.15, 0.2) is 18.6 Å². The standard InChI is InChI=1S/C14H22N4O3S/c19-14(5-10-22(20,21)12-3-1-2-4-12)18-9-8-17-13-11-15-6-7-16-13/h6-7,11-12H,1-5,8-10H2,(H,16,17)(H,18,19). The van der Waals surface area contributed by atoms with Gasteiger partial charge in [-0.3, -0.25) is 9.78 Å². The average Bonchev–Trinajstić information content (AvgIpc) is 3.06. The minimum Gasteiger partial charge on any atom is -0.367 e. The van der Waals surface area contributed by atoms with Crippen molar-refractivity contribution < 1.29 is 13.2 Å². The van der Waals surface area contributed by atoms with Gasteiger partial charge in [0.05, 0.1) is 17.2 Å². The van der Waals surface area contributed by atoms with Gasteiger partial charge in [0.15, 0.2) is 9.84 Å². The van der Waals surface area contributed by atoms with Crippen LogP contribution in [-0.2, 0) is 14.6 Å². The molecule has 22 heavy (non-hydrogen) atoms. The van der Waals surface area contributed by atoms with Crippen LogP contribution >= 0.6 is 0 Å². The van der Waals surface area contributed by atoms with Crippen LogP contribution in [0.1, 0.15) is 32.1 Å². The molecule has 0 unspecified atom stereocenters. The Morgan fingerprint density at radius 1 is 1.23 bits per heavy atom. The fourth-order valence-electron chi connectivity index (χ4n) is 2.52. The number of carbonyl (C=O) groups excluding carboxylic acids is 1. The van der Waals surface area contributed by atoms with E-state index in [-0.39, 0.29) is 23.3 Å². The van der Waals surface area contributed by atoms with Crippen LogP contribution in [0, 0.1) is 0 Å². The Balaban J connectivity index is 1.61. The molecule has 1 saturated carbocycles. The van der Waals surface area contributed by atoms with Crippen molar-refractivity contribution in [3.05, 3.63) is 18.6 Å². The molecule has 0 spiro atoms. The first-order valence-corrected chi connectivity index (χ1v) is 9.27. The van der Waals surface area contributed by atoms with Gasteiger partial charge in [-0.15, -0.1) is 0 Å². The van der Waals surface area contributed by atoms with Crippen LogP contribution in [0.25, 0.3) is 0 Å². The maximum absolute atomic E-state index is 12.0. The Morgan fingerprint density at radius 3 is 2.68 bits per heavy atom. The largest absolute Gasteiger partial charge is 0.367 e. The number of carbonyl (C=O) groups is 1. The molecule has 1 aromatic heterocycles. The van der Waals surface area contributed by atoms with Crippen molar-refractivity contribution in [1.82, 2.24) is 15.3 Å². The molecule has 1 aliphatic carbocycles. The zero-order valence-corrected chi connectivity index (χ0v) is 13.3. The lowest BCUT2D eigenvalue weighted by atomic mass is 10.4. The Hall–Kier alpha value is -1.70. The fourth-order valence-corrected chi connectivity index (χ4v) is 4.38. The number of hydrogen-bond donors (Lipinski definition) is 2. The summed E-state index contributed by atoms with van der Waals surface area (Å²) in [6, 6.07) is 0. The van der Waals surface area contributed by atoms with Gasteiger partial charge in [-0.1, -0.05) is 12.8 Å². The van der Waals surface area contributed by atoms with Gasteiger partial charge in [-0.05, 0) is 12.8 Å². The first-order chi connectivity index (χ1) is 10.6. The molecule has 1 aliphatic rings. The van der Waals surface area contributed by atoms with E-state index in [1.165, 1.54) is 0 Å². The van der Waals surface area contributed by atoms with E-state index in [1.54, 1.807) is 18.6 Å². The van der Waals surface area contributed by atoms with Crippen molar-refractivity contribution in [2.24, 2.45) is 0 Å². The van der Waals surface area contributed by atoms with Gasteiger partial charge in [-0.2, -0.15) is 0 Å². The molecule has 122 valence electrons. The third kappa shape index (κ3) is 5.25. The summed E-state index contributed by atoms with van der Waals surface area (Å²) in [5, 5.41) is 5.48. The second-order valence-corrected chi connectivity index (χ2v) is 7.79. The minimum absolute atomic E-state index is 0.0317. The Bertz CT molecular complexity index is 571. The summed E-state index contributed by atoms with van der Waals surface area (Å²) in [6.07, 6.45) is 8.22. The van der Waals surface area contributed by atoms with Gasteiger partial charge < -0.3 is 10.6 Å². The smallest absolute Gasteiger partial charge is 0.221 e. The summed E-state index contributed by atoms with van der Waals surface area (Å²) in [5.41, 5.74) is 0. The van der Waals surface area contributed by atoms with E-state index in [2.05, 4.69) is 20.6 Å². The number of nitrogens with one attached hydrogen (secondary N) is 2. The third-order valence-corrected chi connectivity index (χ3v) is 6.00. The van der Waals surface area contributed by atoms with Gasteiger partial charge in [0.25, 0.3) is 0 Å². The van der Waals surface area contributed by atoms with Gasteiger partial charge in [0.1, 0.15) is 5.82 Å². The van der Waals surface area contributed by atoms with E-state index in [9.17, 15) is 13.2 Å². The van der Waals surface area contributed by atoms with Crippen LogP contribution in [-0.4, -0.2) is 48.4 Å². The number of hydrogen-bond acceptors (Lipinski definition) is 6. The molecule has 0 radical (unpaired) electrons. The summed E-state index contributed by atoms with van der Waals surface area (Å²) in [7, 11) is -3.12. The summed E-state index contributed by atoms with van der Waals surface area (Å²) in [5.74, 6) is 0.351. The van der Waals surface area contributed by atoms with Gasteiger partial charge >= 0.3 is 0 Å². The molecular weight excluding hydrogens is 304 g/mol. The second kappa shape index (κ2) is 8.07. The quantitative estimate of drug-likeness (QED) is 0.684. The molecule has 2 rings (SSSR count). The number of nitrogens with zero attached hydrogens (tertiary/aromatic N) is 2. The topological polar surface area (TPSA) is 101 Å². The van der Waals surface area contributed by atoms with E-state index in [0.29, 0.717) is 18.9 Å². The zero-order chi connectivity index (χ0) is 15.8. The van der Waals surface area contributed by atoms with Crippen LogP contribution < -0.4 is 10.6 Å². The fraction of sp³-hybridized carbons (Fsp3) is 0.643. The van der Waals surface area contributed by atoms with Crippen LogP contribution in [0.5, 0.6) is 0 Å². The van der Waals surface area contributed by atoms with Crippen molar-refractivity contribution in [3.8, 4) is 0 Å². The number of aromatic nitrogens is 2. The van der Waals surface area contributed by atoms with Crippen LogP contribution in [0.3, 0.4) is 0 Å². The maximum atomic E-state index is 12.0. The highest BCUT2D eigenvalue weighted by Gasteiger charge is 2.28. The highest BCUT2D eigenvalue weighted by molar-refractivity contribution is 7.92. The number of anilines is 1. The van der Waals surface area contributed by atoms with E-state index in [4.69, 9.17) is 0 Å². The van der Waals surface area contributed by atoms with Gasteiger partial charge in [0.2, 0.25) is 5.91 Å². The van der Waals surface area contributed by atoms with Crippen LogP contribution in [0.4, 0.5) is 5.82 Å². The minimum atomic E-state index is -3.12. The highest BCUT2D eigenvalue weighted by Crippen LogP contribution is 2.25.